The van der Waals surface area contributed by atoms with E-state index in [1.807, 2.05) is 33.7 Å². The first-order valence-corrected chi connectivity index (χ1v) is 12.1. The number of rotatable bonds is 6. The van der Waals surface area contributed by atoms with Gasteiger partial charge in [0.1, 0.15) is 17.1 Å². The highest BCUT2D eigenvalue weighted by atomic mass is 32.2. The molecular weight excluding hydrogens is 452 g/mol. The maximum absolute atomic E-state index is 12.7. The summed E-state index contributed by atoms with van der Waals surface area (Å²) in [6, 6.07) is 8.99. The third-order valence-corrected chi connectivity index (χ3v) is 6.73. The summed E-state index contributed by atoms with van der Waals surface area (Å²) in [6.07, 6.45) is 0. The molecule has 4 heterocycles. The number of ether oxygens (including phenoxy) is 1. The van der Waals surface area contributed by atoms with Crippen LogP contribution >= 0.6 is 34.4 Å². The van der Waals surface area contributed by atoms with Gasteiger partial charge in [-0.1, -0.05) is 11.8 Å². The van der Waals surface area contributed by atoms with Gasteiger partial charge in [-0.05, 0) is 41.1 Å². The summed E-state index contributed by atoms with van der Waals surface area (Å²) in [5, 5.41) is 19.8. The first-order chi connectivity index (χ1) is 15.2. The molecule has 31 heavy (non-hydrogen) atoms. The molecule has 0 saturated heterocycles. The highest BCUT2D eigenvalue weighted by Gasteiger charge is 2.19. The number of thioether (sulfide) groups is 1. The first-order valence-electron chi connectivity index (χ1n) is 9.20. The van der Waals surface area contributed by atoms with Gasteiger partial charge in [0.15, 0.2) is 12.4 Å². The van der Waals surface area contributed by atoms with Crippen molar-refractivity contribution in [1.82, 2.24) is 15.2 Å². The van der Waals surface area contributed by atoms with E-state index in [0.29, 0.717) is 22.2 Å². The Bertz CT molecular complexity index is 1260. The summed E-state index contributed by atoms with van der Waals surface area (Å²) in [4.78, 5) is 28.9. The third-order valence-electron chi connectivity index (χ3n) is 4.52. The average molecular weight is 467 g/mol. The monoisotopic (exact) mass is 466 g/mol. The maximum atomic E-state index is 12.7. The zero-order valence-electron chi connectivity index (χ0n) is 15.9. The van der Waals surface area contributed by atoms with E-state index >= 15 is 0 Å². The lowest BCUT2D eigenvalue weighted by atomic mass is 10.1. The van der Waals surface area contributed by atoms with Gasteiger partial charge in [-0.3, -0.25) is 9.59 Å². The molecule has 0 aliphatic carbocycles. The number of anilines is 1. The summed E-state index contributed by atoms with van der Waals surface area (Å²) in [5.41, 5.74) is 4.40. The van der Waals surface area contributed by atoms with Crippen LogP contribution in [0.3, 0.4) is 0 Å². The molecule has 0 atom stereocenters. The fourth-order valence-electron chi connectivity index (χ4n) is 3.04. The van der Waals surface area contributed by atoms with E-state index in [-0.39, 0.29) is 24.1 Å². The number of Topliss-reactive ketones (excluding diaryl/α,β-unsaturated/α-hetero) is 1. The van der Waals surface area contributed by atoms with Gasteiger partial charge in [-0.2, -0.15) is 22.7 Å². The minimum atomic E-state index is -0.238. The van der Waals surface area contributed by atoms with Gasteiger partial charge in [0.05, 0.1) is 11.4 Å². The number of benzene rings is 1. The molecule has 154 valence electrons. The molecule has 0 unspecified atom stereocenters. The van der Waals surface area contributed by atoms with Gasteiger partial charge in [0.25, 0.3) is 5.91 Å². The lowest BCUT2D eigenvalue weighted by Gasteiger charge is -2.18. The lowest BCUT2D eigenvalue weighted by molar-refractivity contribution is -0.118. The number of thiophene rings is 2. The summed E-state index contributed by atoms with van der Waals surface area (Å²) in [5.74, 6) is 0.365. The molecule has 1 amide bonds. The van der Waals surface area contributed by atoms with Gasteiger partial charge in [-0.15, -0.1) is 10.2 Å². The Labute approximate surface area is 189 Å². The summed E-state index contributed by atoms with van der Waals surface area (Å²) in [7, 11) is 0. The number of hydrogen-bond donors (Lipinski definition) is 1. The Hall–Kier alpha value is -3.08. The molecule has 0 radical (unpaired) electrons. The molecule has 4 aromatic rings. The Kier molecular flexibility index (Phi) is 5.49. The van der Waals surface area contributed by atoms with E-state index in [4.69, 9.17) is 4.74 Å². The Morgan fingerprint density at radius 3 is 2.58 bits per heavy atom. The van der Waals surface area contributed by atoms with Crippen molar-refractivity contribution in [2.24, 2.45) is 0 Å². The van der Waals surface area contributed by atoms with Crippen LogP contribution in [0.2, 0.25) is 0 Å². The fourth-order valence-corrected chi connectivity index (χ4v) is 5.00. The molecular formula is C21H14N4O3S3. The molecule has 10 heteroatoms. The van der Waals surface area contributed by atoms with Crippen molar-refractivity contribution in [3.05, 3.63) is 57.4 Å². The van der Waals surface area contributed by atoms with Crippen LogP contribution in [0.15, 0.2) is 57.0 Å². The molecule has 0 spiro atoms. The molecule has 1 aliphatic heterocycles. The normalized spacial score (nSPS) is 12.7. The van der Waals surface area contributed by atoms with Gasteiger partial charge >= 0.3 is 0 Å². The fraction of sp³-hybridized carbons (Fsp3) is 0.0952. The number of carbonyl (C=O) groups excluding carboxylic acids is 2. The van der Waals surface area contributed by atoms with E-state index in [1.54, 1.807) is 40.9 Å². The quantitative estimate of drug-likeness (QED) is 0.327. The molecule has 1 N–H and O–H groups in total. The predicted octanol–water partition coefficient (Wildman–Crippen LogP) is 4.63. The standard InChI is InChI=1S/C21H14N4O3S3/c26-16(12-1-2-17-15(7-12)22-18(27)8-28-17)11-31-21-23-19(13-3-5-29-9-13)20(24-25-21)14-4-6-30-10-14/h1-7,9-10H,8,11H2,(H,22,27). The SMILES string of the molecule is O=C1COc2ccc(C(=O)CSc3nnc(-c4ccsc4)c(-c4ccsc4)n3)cc2N1. The minimum Gasteiger partial charge on any atom is -0.482 e. The Morgan fingerprint density at radius 2 is 1.84 bits per heavy atom. The first kappa shape index (κ1) is 19.9. The van der Waals surface area contributed by atoms with Crippen LogP contribution in [0, 0.1) is 0 Å². The number of ketones is 1. The molecule has 3 aromatic heterocycles. The van der Waals surface area contributed by atoms with E-state index < -0.39 is 0 Å². The maximum Gasteiger partial charge on any atom is 0.262 e. The van der Waals surface area contributed by atoms with Crippen molar-refractivity contribution in [1.29, 1.82) is 0 Å². The smallest absolute Gasteiger partial charge is 0.262 e. The molecule has 0 bridgehead atoms. The molecule has 0 saturated carbocycles. The van der Waals surface area contributed by atoms with Crippen LogP contribution in [0.4, 0.5) is 5.69 Å². The van der Waals surface area contributed by atoms with Crippen LogP contribution < -0.4 is 10.1 Å². The van der Waals surface area contributed by atoms with Gasteiger partial charge in [0.2, 0.25) is 5.16 Å². The second-order valence-electron chi connectivity index (χ2n) is 6.58. The van der Waals surface area contributed by atoms with Crippen LogP contribution in [-0.2, 0) is 4.79 Å². The number of nitrogens with zero attached hydrogens (tertiary/aromatic N) is 3. The Morgan fingerprint density at radius 1 is 1.06 bits per heavy atom. The van der Waals surface area contributed by atoms with Crippen LogP contribution in [0.1, 0.15) is 10.4 Å². The van der Waals surface area contributed by atoms with Gasteiger partial charge in [0, 0.05) is 27.5 Å². The number of aromatic nitrogens is 3. The van der Waals surface area contributed by atoms with Crippen molar-refractivity contribution in [3.63, 3.8) is 0 Å². The second-order valence-corrected chi connectivity index (χ2v) is 9.08. The van der Waals surface area contributed by atoms with E-state index in [1.165, 1.54) is 11.8 Å². The number of carbonyl (C=O) groups is 2. The lowest BCUT2D eigenvalue weighted by Crippen LogP contribution is -2.25. The van der Waals surface area contributed by atoms with Crippen molar-refractivity contribution in [2.45, 2.75) is 5.16 Å². The zero-order valence-corrected chi connectivity index (χ0v) is 18.4. The van der Waals surface area contributed by atoms with E-state index in [9.17, 15) is 9.59 Å². The van der Waals surface area contributed by atoms with Crippen molar-refractivity contribution in [2.75, 3.05) is 17.7 Å². The molecule has 7 nitrogen and oxygen atoms in total. The highest BCUT2D eigenvalue weighted by molar-refractivity contribution is 7.99. The second kappa shape index (κ2) is 8.58. The van der Waals surface area contributed by atoms with Crippen LogP contribution in [-0.4, -0.2) is 39.2 Å². The molecule has 0 fully saturated rings. The number of nitrogens with one attached hydrogen (secondary N) is 1. The summed E-state index contributed by atoms with van der Waals surface area (Å²) < 4.78 is 5.33. The number of hydrogen-bond acceptors (Lipinski definition) is 9. The van der Waals surface area contributed by atoms with Crippen LogP contribution in [0.5, 0.6) is 5.75 Å². The number of amides is 1. The molecule has 5 rings (SSSR count). The van der Waals surface area contributed by atoms with Crippen molar-refractivity contribution < 1.29 is 14.3 Å². The Balaban J connectivity index is 1.36. The van der Waals surface area contributed by atoms with Crippen LogP contribution in [0.25, 0.3) is 22.5 Å². The minimum absolute atomic E-state index is 0.0195. The van der Waals surface area contributed by atoms with Crippen molar-refractivity contribution in [3.8, 4) is 28.3 Å². The summed E-state index contributed by atoms with van der Waals surface area (Å²) >= 11 is 4.41. The molecule has 1 aromatic carbocycles. The van der Waals surface area contributed by atoms with Gasteiger partial charge in [-0.25, -0.2) is 4.98 Å². The third kappa shape index (κ3) is 4.22. The van der Waals surface area contributed by atoms with Crippen molar-refractivity contribution >= 4 is 51.8 Å². The topological polar surface area (TPSA) is 94.1 Å². The molecule has 1 aliphatic rings. The highest BCUT2D eigenvalue weighted by Crippen LogP contribution is 2.33. The van der Waals surface area contributed by atoms with E-state index in [0.717, 1.165) is 22.5 Å². The number of fused-ring (bicyclic) bond motifs is 1. The summed E-state index contributed by atoms with van der Waals surface area (Å²) in [6.45, 7) is -0.0195. The average Bonchev–Trinajstić information content (AvgIpc) is 3.51. The largest absolute Gasteiger partial charge is 0.482 e. The zero-order chi connectivity index (χ0) is 21.2. The van der Waals surface area contributed by atoms with E-state index in [2.05, 4.69) is 20.5 Å². The van der Waals surface area contributed by atoms with Gasteiger partial charge < -0.3 is 10.1 Å². The predicted molar refractivity (Wildman–Crippen MR) is 122 cm³/mol.